The summed E-state index contributed by atoms with van der Waals surface area (Å²) in [6.07, 6.45) is 3.57. The summed E-state index contributed by atoms with van der Waals surface area (Å²) >= 11 is 0. The van der Waals surface area contributed by atoms with E-state index in [0.717, 1.165) is 22.4 Å². The Labute approximate surface area is 133 Å². The fraction of sp³-hybridized carbons (Fsp3) is 0.0588. The molecule has 0 unspecified atom stereocenters. The van der Waals surface area contributed by atoms with Crippen LogP contribution in [0.15, 0.2) is 60.9 Å². The summed E-state index contributed by atoms with van der Waals surface area (Å²) in [6, 6.07) is 14.7. The molecule has 5 N–H and O–H groups in total. The van der Waals surface area contributed by atoms with Gasteiger partial charge in [-0.05, 0) is 35.4 Å². The van der Waals surface area contributed by atoms with E-state index in [1.54, 1.807) is 6.20 Å². The molecule has 0 saturated carbocycles. The maximum atomic E-state index is 11.9. The van der Waals surface area contributed by atoms with Gasteiger partial charge in [0.2, 0.25) is 0 Å². The first-order valence-corrected chi connectivity index (χ1v) is 7.19. The molecule has 6 heteroatoms. The highest BCUT2D eigenvalue weighted by Gasteiger charge is 2.03. The van der Waals surface area contributed by atoms with Gasteiger partial charge in [0.25, 0.3) is 0 Å². The first-order valence-electron chi connectivity index (χ1n) is 7.19. The number of anilines is 2. The minimum atomic E-state index is -0.261. The topological polar surface area (TPSA) is 95.8 Å². The smallest absolute Gasteiger partial charge is 0.319 e. The maximum Gasteiger partial charge on any atom is 0.319 e. The molecule has 2 aromatic carbocycles. The Morgan fingerprint density at radius 2 is 1.96 bits per heavy atom. The quantitative estimate of drug-likeness (QED) is 0.558. The van der Waals surface area contributed by atoms with Crippen LogP contribution < -0.4 is 16.4 Å². The first kappa shape index (κ1) is 14.6. The van der Waals surface area contributed by atoms with Crippen LogP contribution in [0.1, 0.15) is 5.56 Å². The average molecular weight is 307 g/mol. The largest absolute Gasteiger partial charge is 0.399 e. The van der Waals surface area contributed by atoms with Gasteiger partial charge in [-0.2, -0.15) is 5.10 Å². The minimum Gasteiger partial charge on any atom is -0.399 e. The number of urea groups is 1. The Hall–Kier alpha value is -3.28. The van der Waals surface area contributed by atoms with Gasteiger partial charge in [-0.1, -0.05) is 24.3 Å². The van der Waals surface area contributed by atoms with E-state index in [-0.39, 0.29) is 6.03 Å². The number of carbonyl (C=O) groups is 1. The fourth-order valence-corrected chi connectivity index (χ4v) is 2.22. The van der Waals surface area contributed by atoms with E-state index in [4.69, 9.17) is 5.73 Å². The summed E-state index contributed by atoms with van der Waals surface area (Å²) in [7, 11) is 0. The predicted molar refractivity (Wildman–Crippen MR) is 90.7 cm³/mol. The van der Waals surface area contributed by atoms with E-state index >= 15 is 0 Å². The van der Waals surface area contributed by atoms with Crippen molar-refractivity contribution in [3.8, 4) is 11.1 Å². The number of carbonyl (C=O) groups excluding carboxylic acids is 1. The van der Waals surface area contributed by atoms with Gasteiger partial charge in [-0.15, -0.1) is 0 Å². The van der Waals surface area contributed by atoms with Crippen molar-refractivity contribution < 1.29 is 4.79 Å². The molecule has 0 aliphatic heterocycles. The van der Waals surface area contributed by atoms with Crippen molar-refractivity contribution in [2.45, 2.75) is 6.54 Å². The van der Waals surface area contributed by atoms with Crippen LogP contribution in [-0.4, -0.2) is 16.2 Å². The summed E-state index contributed by atoms with van der Waals surface area (Å²) in [4.78, 5) is 11.9. The molecule has 23 heavy (non-hydrogen) atoms. The van der Waals surface area contributed by atoms with Crippen LogP contribution in [0.2, 0.25) is 0 Å². The molecule has 3 rings (SSSR count). The molecular formula is C17H17N5O. The Morgan fingerprint density at radius 3 is 2.65 bits per heavy atom. The summed E-state index contributed by atoms with van der Waals surface area (Å²) in [5.74, 6) is 0. The number of rotatable bonds is 4. The maximum absolute atomic E-state index is 11.9. The second kappa shape index (κ2) is 6.65. The molecule has 0 fully saturated rings. The van der Waals surface area contributed by atoms with Crippen LogP contribution in [0.3, 0.4) is 0 Å². The number of H-pyrrole nitrogens is 1. The number of benzene rings is 2. The van der Waals surface area contributed by atoms with Crippen molar-refractivity contribution in [3.63, 3.8) is 0 Å². The van der Waals surface area contributed by atoms with Crippen molar-refractivity contribution in [2.75, 3.05) is 11.1 Å². The van der Waals surface area contributed by atoms with E-state index in [1.807, 2.05) is 54.7 Å². The van der Waals surface area contributed by atoms with Gasteiger partial charge < -0.3 is 16.4 Å². The van der Waals surface area contributed by atoms with Gasteiger partial charge >= 0.3 is 6.03 Å². The average Bonchev–Trinajstić information content (AvgIpc) is 3.08. The summed E-state index contributed by atoms with van der Waals surface area (Å²) < 4.78 is 0. The van der Waals surface area contributed by atoms with Crippen molar-refractivity contribution in [3.05, 3.63) is 66.5 Å². The molecule has 1 heterocycles. The molecule has 0 spiro atoms. The minimum absolute atomic E-state index is 0.261. The molecule has 116 valence electrons. The number of aromatic nitrogens is 2. The van der Waals surface area contributed by atoms with E-state index < -0.39 is 0 Å². The van der Waals surface area contributed by atoms with E-state index in [9.17, 15) is 4.79 Å². The van der Waals surface area contributed by atoms with Gasteiger partial charge in [0, 0.05) is 29.7 Å². The summed E-state index contributed by atoms with van der Waals surface area (Å²) in [6.45, 7) is 0.421. The third kappa shape index (κ3) is 3.88. The van der Waals surface area contributed by atoms with Gasteiger partial charge in [0.15, 0.2) is 0 Å². The second-order valence-corrected chi connectivity index (χ2v) is 5.12. The third-order valence-corrected chi connectivity index (χ3v) is 3.38. The van der Waals surface area contributed by atoms with Crippen molar-refractivity contribution >= 4 is 17.4 Å². The molecule has 2 amide bonds. The number of aromatic amines is 1. The lowest BCUT2D eigenvalue weighted by Gasteiger charge is -2.08. The number of nitrogen functional groups attached to an aromatic ring is 1. The molecule has 6 nitrogen and oxygen atoms in total. The van der Waals surface area contributed by atoms with E-state index in [0.29, 0.717) is 12.2 Å². The molecular weight excluding hydrogens is 290 g/mol. The van der Waals surface area contributed by atoms with Gasteiger partial charge in [0.05, 0.1) is 6.20 Å². The normalized spacial score (nSPS) is 10.3. The van der Waals surface area contributed by atoms with Crippen molar-refractivity contribution in [2.24, 2.45) is 0 Å². The number of nitrogens with two attached hydrogens (primary N) is 1. The molecule has 3 aromatic rings. The highest BCUT2D eigenvalue weighted by molar-refractivity contribution is 5.89. The van der Waals surface area contributed by atoms with Crippen LogP contribution in [0.25, 0.3) is 11.1 Å². The molecule has 0 aliphatic rings. The molecule has 0 atom stereocenters. The number of hydrogen-bond acceptors (Lipinski definition) is 3. The number of hydrogen-bond donors (Lipinski definition) is 4. The lowest BCUT2D eigenvalue weighted by atomic mass is 10.1. The Balaban J connectivity index is 1.55. The Bertz CT molecular complexity index is 781. The van der Waals surface area contributed by atoms with E-state index in [1.165, 1.54) is 0 Å². The van der Waals surface area contributed by atoms with Crippen molar-refractivity contribution in [1.29, 1.82) is 0 Å². The van der Waals surface area contributed by atoms with Gasteiger partial charge in [-0.25, -0.2) is 4.79 Å². The monoisotopic (exact) mass is 307 g/mol. The van der Waals surface area contributed by atoms with Gasteiger partial charge in [0.1, 0.15) is 0 Å². The first-order chi connectivity index (χ1) is 11.2. The standard InChI is InChI=1S/C17H17N5O/c18-15-3-1-2-12(8-15)9-19-17(23)22-16-6-4-13(5-7-16)14-10-20-21-11-14/h1-8,10-11H,9,18H2,(H,20,21)(H2,19,22,23). The lowest BCUT2D eigenvalue weighted by molar-refractivity contribution is 0.251. The zero-order valence-electron chi connectivity index (χ0n) is 12.4. The Morgan fingerprint density at radius 1 is 1.13 bits per heavy atom. The van der Waals surface area contributed by atoms with Gasteiger partial charge in [-0.3, -0.25) is 5.10 Å². The highest BCUT2D eigenvalue weighted by Crippen LogP contribution is 2.19. The summed E-state index contributed by atoms with van der Waals surface area (Å²) in [5, 5.41) is 12.3. The number of amides is 2. The SMILES string of the molecule is Nc1cccc(CNC(=O)Nc2ccc(-c3cn[nH]c3)cc2)c1. The third-order valence-electron chi connectivity index (χ3n) is 3.38. The second-order valence-electron chi connectivity index (χ2n) is 5.12. The molecule has 0 bridgehead atoms. The molecule has 0 aliphatic carbocycles. The van der Waals surface area contributed by atoms with Crippen LogP contribution in [0.5, 0.6) is 0 Å². The Kier molecular flexibility index (Phi) is 4.24. The van der Waals surface area contributed by atoms with Crippen LogP contribution >= 0.6 is 0 Å². The summed E-state index contributed by atoms with van der Waals surface area (Å²) in [5.41, 5.74) is 10.1. The van der Waals surface area contributed by atoms with Crippen LogP contribution in [-0.2, 0) is 6.54 Å². The highest BCUT2D eigenvalue weighted by atomic mass is 16.2. The molecule has 0 saturated heterocycles. The zero-order valence-corrected chi connectivity index (χ0v) is 12.4. The van der Waals surface area contributed by atoms with E-state index in [2.05, 4.69) is 20.8 Å². The molecule has 1 aromatic heterocycles. The fourth-order valence-electron chi connectivity index (χ4n) is 2.22. The van der Waals surface area contributed by atoms with Crippen LogP contribution in [0, 0.1) is 0 Å². The number of nitrogens with one attached hydrogen (secondary N) is 3. The zero-order chi connectivity index (χ0) is 16.1. The predicted octanol–water partition coefficient (Wildman–Crippen LogP) is 2.98. The lowest BCUT2D eigenvalue weighted by Crippen LogP contribution is -2.28. The van der Waals surface area contributed by atoms with Crippen LogP contribution in [0.4, 0.5) is 16.2 Å². The molecule has 0 radical (unpaired) electrons. The number of nitrogens with zero attached hydrogens (tertiary/aromatic N) is 1. The van der Waals surface area contributed by atoms with Crippen molar-refractivity contribution in [1.82, 2.24) is 15.5 Å².